The molecule has 0 aliphatic carbocycles. The standard InChI is InChI=1S/C16H19F3N4OS/c1-22(7-12-4-11(9-25-12)15(20)24)5-10-2-3-14-21-13(16(17,18)19)8-23(14)6-10/h4,8-10H,2-3,5-7H2,1H3,(H2,20,24). The summed E-state index contributed by atoms with van der Waals surface area (Å²) >= 11 is 1.48. The summed E-state index contributed by atoms with van der Waals surface area (Å²) in [4.78, 5) is 18.0. The van der Waals surface area contributed by atoms with E-state index in [9.17, 15) is 18.0 Å². The van der Waals surface area contributed by atoms with Crippen molar-refractivity contribution in [3.05, 3.63) is 39.6 Å². The Morgan fingerprint density at radius 1 is 1.52 bits per heavy atom. The first-order valence-electron chi connectivity index (χ1n) is 7.91. The highest BCUT2D eigenvalue weighted by atomic mass is 32.1. The lowest BCUT2D eigenvalue weighted by atomic mass is 9.99. The van der Waals surface area contributed by atoms with Gasteiger partial charge in [-0.1, -0.05) is 0 Å². The molecule has 9 heteroatoms. The number of amides is 1. The van der Waals surface area contributed by atoms with Gasteiger partial charge < -0.3 is 15.2 Å². The SMILES string of the molecule is CN(Cc1cc(C(N)=O)cs1)CC1CCc2nc(C(F)(F)F)cn2C1. The van der Waals surface area contributed by atoms with E-state index in [0.29, 0.717) is 30.9 Å². The Balaban J connectivity index is 1.58. The number of hydrogen-bond acceptors (Lipinski definition) is 4. The summed E-state index contributed by atoms with van der Waals surface area (Å²) in [6, 6.07) is 1.79. The number of aromatic nitrogens is 2. The fourth-order valence-corrected chi connectivity index (χ4v) is 4.12. The minimum absolute atomic E-state index is 0.267. The van der Waals surface area contributed by atoms with Crippen molar-refractivity contribution in [1.29, 1.82) is 0 Å². The van der Waals surface area contributed by atoms with E-state index in [1.807, 2.05) is 7.05 Å². The molecule has 2 N–H and O–H groups in total. The van der Waals surface area contributed by atoms with Crippen LogP contribution in [0.1, 0.15) is 33.2 Å². The lowest BCUT2D eigenvalue weighted by molar-refractivity contribution is -0.141. The summed E-state index contributed by atoms with van der Waals surface area (Å²) in [7, 11) is 1.97. The Bertz CT molecular complexity index is 768. The second-order valence-corrected chi connectivity index (χ2v) is 7.46. The highest BCUT2D eigenvalue weighted by Gasteiger charge is 2.35. The molecule has 3 rings (SSSR count). The number of halogens is 3. The summed E-state index contributed by atoms with van der Waals surface area (Å²) in [6.45, 7) is 1.99. The van der Waals surface area contributed by atoms with Gasteiger partial charge in [0.25, 0.3) is 0 Å². The van der Waals surface area contributed by atoms with Crippen LogP contribution in [0.2, 0.25) is 0 Å². The molecule has 136 valence electrons. The van der Waals surface area contributed by atoms with E-state index < -0.39 is 17.8 Å². The third kappa shape index (κ3) is 4.21. The Hall–Kier alpha value is -1.87. The zero-order chi connectivity index (χ0) is 18.2. The van der Waals surface area contributed by atoms with Crippen molar-refractivity contribution in [3.8, 4) is 0 Å². The molecule has 0 aromatic carbocycles. The molecule has 5 nitrogen and oxygen atoms in total. The van der Waals surface area contributed by atoms with Crippen molar-refractivity contribution < 1.29 is 18.0 Å². The van der Waals surface area contributed by atoms with Gasteiger partial charge in [-0.25, -0.2) is 4.98 Å². The average Bonchev–Trinajstić information content (AvgIpc) is 3.12. The average molecular weight is 372 g/mol. The molecule has 0 spiro atoms. The van der Waals surface area contributed by atoms with Crippen molar-refractivity contribution in [2.75, 3.05) is 13.6 Å². The number of primary amides is 1. The lowest BCUT2D eigenvalue weighted by Crippen LogP contribution is -2.31. The fraction of sp³-hybridized carbons (Fsp3) is 0.500. The molecule has 1 unspecified atom stereocenters. The summed E-state index contributed by atoms with van der Waals surface area (Å²) in [5.41, 5.74) is 4.95. The lowest BCUT2D eigenvalue weighted by Gasteiger charge is -2.27. The van der Waals surface area contributed by atoms with Crippen molar-refractivity contribution in [1.82, 2.24) is 14.5 Å². The molecule has 1 amide bonds. The summed E-state index contributed by atoms with van der Waals surface area (Å²) in [5, 5.41) is 1.74. The molecular formula is C16H19F3N4OS. The van der Waals surface area contributed by atoms with Crippen LogP contribution in [0.4, 0.5) is 13.2 Å². The molecule has 3 heterocycles. The van der Waals surface area contributed by atoms with Gasteiger partial charge in [-0.15, -0.1) is 11.3 Å². The molecule has 0 radical (unpaired) electrons. The van der Waals surface area contributed by atoms with Crippen LogP contribution in [0.5, 0.6) is 0 Å². The molecule has 25 heavy (non-hydrogen) atoms. The fourth-order valence-electron chi connectivity index (χ4n) is 3.16. The Morgan fingerprint density at radius 3 is 2.92 bits per heavy atom. The maximum absolute atomic E-state index is 12.8. The van der Waals surface area contributed by atoms with E-state index in [1.54, 1.807) is 16.0 Å². The van der Waals surface area contributed by atoms with Crippen LogP contribution < -0.4 is 5.73 Å². The van der Waals surface area contributed by atoms with Crippen LogP contribution in [0.15, 0.2) is 17.6 Å². The maximum atomic E-state index is 12.8. The van der Waals surface area contributed by atoms with Gasteiger partial charge in [0.1, 0.15) is 5.82 Å². The number of imidazole rings is 1. The van der Waals surface area contributed by atoms with E-state index in [0.717, 1.165) is 24.0 Å². The minimum Gasteiger partial charge on any atom is -0.366 e. The summed E-state index contributed by atoms with van der Waals surface area (Å²) in [5.74, 6) is 0.337. The topological polar surface area (TPSA) is 64.2 Å². The predicted octanol–water partition coefficient (Wildman–Crippen LogP) is 2.76. The van der Waals surface area contributed by atoms with Gasteiger partial charge in [0.05, 0.1) is 5.56 Å². The van der Waals surface area contributed by atoms with Gasteiger partial charge in [0, 0.05) is 42.5 Å². The van der Waals surface area contributed by atoms with E-state index >= 15 is 0 Å². The normalized spacial score (nSPS) is 17.7. The molecule has 2 aromatic heterocycles. The molecule has 2 aromatic rings. The number of thiophene rings is 1. The van der Waals surface area contributed by atoms with E-state index in [2.05, 4.69) is 9.88 Å². The van der Waals surface area contributed by atoms with E-state index in [-0.39, 0.29) is 5.92 Å². The Kier molecular flexibility index (Phi) is 4.88. The van der Waals surface area contributed by atoms with Crippen LogP contribution in [0, 0.1) is 5.92 Å². The van der Waals surface area contributed by atoms with Crippen LogP contribution in [-0.2, 0) is 25.7 Å². The molecular weight excluding hydrogens is 353 g/mol. The largest absolute Gasteiger partial charge is 0.434 e. The Morgan fingerprint density at radius 2 is 2.28 bits per heavy atom. The highest BCUT2D eigenvalue weighted by molar-refractivity contribution is 7.10. The molecule has 1 aliphatic rings. The number of alkyl halides is 3. The first-order valence-corrected chi connectivity index (χ1v) is 8.79. The third-order valence-electron chi connectivity index (χ3n) is 4.31. The summed E-state index contributed by atoms with van der Waals surface area (Å²) < 4.78 is 39.9. The van der Waals surface area contributed by atoms with Gasteiger partial charge in [0.2, 0.25) is 5.91 Å². The number of fused-ring (bicyclic) bond motifs is 1. The zero-order valence-electron chi connectivity index (χ0n) is 13.7. The highest BCUT2D eigenvalue weighted by Crippen LogP contribution is 2.31. The first-order chi connectivity index (χ1) is 11.7. The van der Waals surface area contributed by atoms with Crippen molar-refractivity contribution >= 4 is 17.2 Å². The van der Waals surface area contributed by atoms with Gasteiger partial charge in [-0.05, 0) is 25.5 Å². The second kappa shape index (κ2) is 6.80. The zero-order valence-corrected chi connectivity index (χ0v) is 14.5. The van der Waals surface area contributed by atoms with Gasteiger partial charge >= 0.3 is 6.18 Å². The van der Waals surface area contributed by atoms with Crippen molar-refractivity contribution in [2.24, 2.45) is 11.7 Å². The van der Waals surface area contributed by atoms with E-state index in [1.165, 1.54) is 11.3 Å². The molecule has 0 saturated carbocycles. The smallest absolute Gasteiger partial charge is 0.366 e. The molecule has 1 aliphatic heterocycles. The quantitative estimate of drug-likeness (QED) is 0.878. The Labute approximate surface area is 147 Å². The number of carbonyl (C=O) groups is 1. The second-order valence-electron chi connectivity index (χ2n) is 6.46. The van der Waals surface area contributed by atoms with Gasteiger partial charge in [-0.3, -0.25) is 4.79 Å². The number of nitrogens with zero attached hydrogens (tertiary/aromatic N) is 3. The number of carbonyl (C=O) groups excluding carboxylic acids is 1. The first kappa shape index (κ1) is 17.9. The van der Waals surface area contributed by atoms with Crippen LogP contribution >= 0.6 is 11.3 Å². The minimum atomic E-state index is -4.39. The number of hydrogen-bond donors (Lipinski definition) is 1. The molecule has 0 bridgehead atoms. The number of aryl methyl sites for hydroxylation is 1. The number of rotatable bonds is 5. The van der Waals surface area contributed by atoms with Gasteiger partial charge in [0.15, 0.2) is 5.69 Å². The molecule has 0 saturated heterocycles. The predicted molar refractivity (Wildman–Crippen MR) is 88.2 cm³/mol. The van der Waals surface area contributed by atoms with Gasteiger partial charge in [-0.2, -0.15) is 13.2 Å². The molecule has 0 fully saturated rings. The number of nitrogens with two attached hydrogens (primary N) is 1. The van der Waals surface area contributed by atoms with Crippen LogP contribution in [-0.4, -0.2) is 34.0 Å². The van der Waals surface area contributed by atoms with Crippen molar-refractivity contribution in [2.45, 2.75) is 32.1 Å². The van der Waals surface area contributed by atoms with Crippen molar-refractivity contribution in [3.63, 3.8) is 0 Å². The summed E-state index contributed by atoms with van der Waals surface area (Å²) in [6.07, 6.45) is -1.91. The maximum Gasteiger partial charge on any atom is 0.434 e. The van der Waals surface area contributed by atoms with Crippen LogP contribution in [0.3, 0.4) is 0 Å². The monoisotopic (exact) mass is 372 g/mol. The third-order valence-corrected chi connectivity index (χ3v) is 5.24. The van der Waals surface area contributed by atoms with Crippen LogP contribution in [0.25, 0.3) is 0 Å². The van der Waals surface area contributed by atoms with E-state index in [4.69, 9.17) is 5.73 Å². The molecule has 1 atom stereocenters.